The number of halogens is 1. The number of rotatable bonds is 3. The molecule has 15 heavy (non-hydrogen) atoms. The maximum atomic E-state index is 5.24. The van der Waals surface area contributed by atoms with Crippen molar-refractivity contribution in [3.63, 3.8) is 0 Å². The van der Waals surface area contributed by atoms with Crippen LogP contribution in [0.15, 0.2) is 29.4 Å². The van der Waals surface area contributed by atoms with Crippen molar-refractivity contribution in [2.45, 2.75) is 12.5 Å². The van der Waals surface area contributed by atoms with Gasteiger partial charge in [0, 0.05) is 17.3 Å². The zero-order chi connectivity index (χ0) is 10.7. The van der Waals surface area contributed by atoms with Crippen LogP contribution < -0.4 is 4.74 Å². The highest BCUT2D eigenvalue weighted by Crippen LogP contribution is 2.20. The lowest BCUT2D eigenvalue weighted by atomic mass is 10.1. The molecule has 3 nitrogen and oxygen atoms in total. The largest absolute Gasteiger partial charge is 0.497 e. The molecule has 0 aliphatic carbocycles. The number of ether oxygens (including phenoxy) is 1. The Hall–Kier alpha value is -1.03. The number of nitrogens with zero attached hydrogens (tertiary/aromatic N) is 1. The molecule has 1 heterocycles. The Labute approximate surface area is 97.2 Å². The van der Waals surface area contributed by atoms with Gasteiger partial charge >= 0.3 is 0 Å². The van der Waals surface area contributed by atoms with Gasteiger partial charge in [-0.15, -0.1) is 0 Å². The van der Waals surface area contributed by atoms with E-state index in [1.807, 2.05) is 24.3 Å². The Kier molecular flexibility index (Phi) is 3.26. The third-order valence-corrected chi connectivity index (χ3v) is 3.03. The van der Waals surface area contributed by atoms with Gasteiger partial charge in [-0.2, -0.15) is 0 Å². The first-order valence-electron chi connectivity index (χ1n) is 4.76. The molecule has 1 aromatic carbocycles. The predicted molar refractivity (Wildman–Crippen MR) is 62.8 cm³/mol. The molecule has 0 fully saturated rings. The quantitative estimate of drug-likeness (QED) is 0.790. The van der Waals surface area contributed by atoms with Crippen LogP contribution in [0.1, 0.15) is 12.0 Å². The molecule has 1 aliphatic heterocycles. The average Bonchev–Trinajstić information content (AvgIpc) is 2.78. The molecule has 80 valence electrons. The summed E-state index contributed by atoms with van der Waals surface area (Å²) in [6, 6.07) is 7.86. The highest BCUT2D eigenvalue weighted by Gasteiger charge is 2.20. The van der Waals surface area contributed by atoms with Gasteiger partial charge in [0.1, 0.15) is 11.9 Å². The fraction of sp³-hybridized carbons (Fsp3) is 0.364. The van der Waals surface area contributed by atoms with Crippen molar-refractivity contribution in [2.24, 2.45) is 5.16 Å². The molecule has 0 N–H and O–H groups in total. The highest BCUT2D eigenvalue weighted by molar-refractivity contribution is 9.09. The molecule has 2 rings (SSSR count). The van der Waals surface area contributed by atoms with Crippen molar-refractivity contribution in [1.29, 1.82) is 0 Å². The summed E-state index contributed by atoms with van der Waals surface area (Å²) < 4.78 is 5.16. The summed E-state index contributed by atoms with van der Waals surface area (Å²) in [5.41, 5.74) is 2.05. The van der Waals surface area contributed by atoms with Gasteiger partial charge < -0.3 is 9.57 Å². The molecular weight excluding hydrogens is 258 g/mol. The van der Waals surface area contributed by atoms with Crippen molar-refractivity contribution >= 4 is 21.6 Å². The molecule has 1 unspecified atom stereocenters. The molecule has 1 atom stereocenters. The minimum Gasteiger partial charge on any atom is -0.497 e. The number of alkyl halides is 1. The second kappa shape index (κ2) is 4.66. The molecule has 0 bridgehead atoms. The van der Waals surface area contributed by atoms with Gasteiger partial charge in [0.25, 0.3) is 0 Å². The predicted octanol–water partition coefficient (Wildman–Crippen LogP) is 2.58. The summed E-state index contributed by atoms with van der Waals surface area (Å²) >= 11 is 3.38. The molecular formula is C11H12BrNO2. The lowest BCUT2D eigenvalue weighted by Gasteiger charge is -2.03. The van der Waals surface area contributed by atoms with Gasteiger partial charge in [-0.1, -0.05) is 33.2 Å². The minimum absolute atomic E-state index is 0.159. The van der Waals surface area contributed by atoms with E-state index in [-0.39, 0.29) is 6.10 Å². The molecule has 1 aliphatic rings. The van der Waals surface area contributed by atoms with Gasteiger partial charge in [0.15, 0.2) is 0 Å². The zero-order valence-electron chi connectivity index (χ0n) is 8.44. The van der Waals surface area contributed by atoms with E-state index in [0.29, 0.717) is 0 Å². The second-order valence-corrected chi connectivity index (χ2v) is 4.00. The van der Waals surface area contributed by atoms with E-state index in [4.69, 9.17) is 9.57 Å². The van der Waals surface area contributed by atoms with E-state index >= 15 is 0 Å². The van der Waals surface area contributed by atoms with Gasteiger partial charge in [-0.25, -0.2) is 0 Å². The first-order valence-corrected chi connectivity index (χ1v) is 5.88. The Morgan fingerprint density at radius 3 is 3.13 bits per heavy atom. The van der Waals surface area contributed by atoms with E-state index in [9.17, 15) is 0 Å². The highest BCUT2D eigenvalue weighted by atomic mass is 79.9. The molecule has 0 saturated carbocycles. The average molecular weight is 270 g/mol. The van der Waals surface area contributed by atoms with Crippen LogP contribution in [-0.2, 0) is 4.84 Å². The Morgan fingerprint density at radius 2 is 2.47 bits per heavy atom. The molecule has 0 saturated heterocycles. The van der Waals surface area contributed by atoms with Crippen LogP contribution in [-0.4, -0.2) is 24.3 Å². The Balaban J connectivity index is 2.16. The first kappa shape index (κ1) is 10.5. The molecule has 4 heteroatoms. The molecule has 0 amide bonds. The van der Waals surface area contributed by atoms with Gasteiger partial charge in [0.2, 0.25) is 0 Å². The molecule has 1 aromatic rings. The monoisotopic (exact) mass is 269 g/mol. The van der Waals surface area contributed by atoms with E-state index in [2.05, 4.69) is 21.1 Å². The minimum atomic E-state index is 0.159. The first-order chi connectivity index (χ1) is 7.33. The lowest BCUT2D eigenvalue weighted by molar-refractivity contribution is 0.104. The topological polar surface area (TPSA) is 30.8 Å². The lowest BCUT2D eigenvalue weighted by Crippen LogP contribution is -2.09. The SMILES string of the molecule is COc1cccc(C2=NOC(CBr)C2)c1. The number of methoxy groups -OCH3 is 1. The van der Waals surface area contributed by atoms with Crippen LogP contribution in [0.25, 0.3) is 0 Å². The van der Waals surface area contributed by atoms with Crippen LogP contribution >= 0.6 is 15.9 Å². The van der Waals surface area contributed by atoms with Crippen LogP contribution in [0.5, 0.6) is 5.75 Å². The number of benzene rings is 1. The number of hydrogen-bond acceptors (Lipinski definition) is 3. The number of oxime groups is 1. The smallest absolute Gasteiger partial charge is 0.142 e. The fourth-order valence-electron chi connectivity index (χ4n) is 1.48. The van der Waals surface area contributed by atoms with Gasteiger partial charge in [0.05, 0.1) is 12.8 Å². The fourth-order valence-corrected chi connectivity index (χ4v) is 1.83. The molecule has 0 radical (unpaired) electrons. The van der Waals surface area contributed by atoms with Crippen LogP contribution in [0.3, 0.4) is 0 Å². The summed E-state index contributed by atoms with van der Waals surface area (Å²) in [6.07, 6.45) is 1.00. The summed E-state index contributed by atoms with van der Waals surface area (Å²) in [5.74, 6) is 0.845. The van der Waals surface area contributed by atoms with E-state index in [1.54, 1.807) is 7.11 Å². The Bertz CT molecular complexity index is 379. The van der Waals surface area contributed by atoms with Crippen molar-refractivity contribution in [3.8, 4) is 5.75 Å². The van der Waals surface area contributed by atoms with Crippen molar-refractivity contribution in [1.82, 2.24) is 0 Å². The molecule has 0 aromatic heterocycles. The van der Waals surface area contributed by atoms with E-state index < -0.39 is 0 Å². The summed E-state index contributed by atoms with van der Waals surface area (Å²) in [7, 11) is 1.66. The summed E-state index contributed by atoms with van der Waals surface area (Å²) in [5, 5.41) is 4.87. The van der Waals surface area contributed by atoms with Crippen LogP contribution in [0.2, 0.25) is 0 Å². The van der Waals surface area contributed by atoms with Crippen LogP contribution in [0.4, 0.5) is 0 Å². The normalized spacial score (nSPS) is 19.6. The third kappa shape index (κ3) is 2.31. The summed E-state index contributed by atoms with van der Waals surface area (Å²) in [6.45, 7) is 0. The maximum absolute atomic E-state index is 5.24. The van der Waals surface area contributed by atoms with Crippen LogP contribution in [0, 0.1) is 0 Å². The second-order valence-electron chi connectivity index (χ2n) is 3.36. The van der Waals surface area contributed by atoms with E-state index in [0.717, 1.165) is 28.8 Å². The van der Waals surface area contributed by atoms with Crippen molar-refractivity contribution < 1.29 is 9.57 Å². The summed E-state index contributed by atoms with van der Waals surface area (Å²) in [4.78, 5) is 5.24. The zero-order valence-corrected chi connectivity index (χ0v) is 10.0. The van der Waals surface area contributed by atoms with Crippen molar-refractivity contribution in [3.05, 3.63) is 29.8 Å². The Morgan fingerprint density at radius 1 is 1.60 bits per heavy atom. The maximum Gasteiger partial charge on any atom is 0.142 e. The third-order valence-electron chi connectivity index (χ3n) is 2.31. The standard InChI is InChI=1S/C11H12BrNO2/c1-14-9-4-2-3-8(5-9)11-6-10(7-12)15-13-11/h2-5,10H,6-7H2,1H3. The molecule has 0 spiro atoms. The van der Waals surface area contributed by atoms with Crippen molar-refractivity contribution in [2.75, 3.05) is 12.4 Å². The van der Waals surface area contributed by atoms with Gasteiger partial charge in [-0.3, -0.25) is 0 Å². The van der Waals surface area contributed by atoms with Gasteiger partial charge in [-0.05, 0) is 12.1 Å². The number of hydrogen-bond donors (Lipinski definition) is 0. The van der Waals surface area contributed by atoms with E-state index in [1.165, 1.54) is 0 Å².